The van der Waals surface area contributed by atoms with Gasteiger partial charge in [-0.2, -0.15) is 5.26 Å². The SMILES string of the molecule is CCCCCCC(=O)OCC.N#Cc1c([N+](=O)[O-])cc(CF)c(CF)c1CF. The topological polar surface area (TPSA) is 93.2 Å². The van der Waals surface area contributed by atoms with Gasteiger partial charge < -0.3 is 4.74 Å². The van der Waals surface area contributed by atoms with Gasteiger partial charge >= 0.3 is 5.97 Å². The molecule has 0 N–H and O–H groups in total. The Morgan fingerprint density at radius 1 is 1.14 bits per heavy atom. The Labute approximate surface area is 162 Å². The predicted octanol–water partition coefficient (Wildman–Crippen LogP) is 5.39. The minimum Gasteiger partial charge on any atom is -0.466 e. The van der Waals surface area contributed by atoms with Crippen LogP contribution in [0.25, 0.3) is 0 Å². The largest absolute Gasteiger partial charge is 0.466 e. The summed E-state index contributed by atoms with van der Waals surface area (Å²) in [5, 5.41) is 19.4. The molecule has 28 heavy (non-hydrogen) atoms. The van der Waals surface area contributed by atoms with Crippen molar-refractivity contribution in [2.45, 2.75) is 66.0 Å². The van der Waals surface area contributed by atoms with Crippen molar-refractivity contribution in [2.75, 3.05) is 6.61 Å². The molecule has 6 nitrogen and oxygen atoms in total. The van der Waals surface area contributed by atoms with Crippen molar-refractivity contribution in [3.63, 3.8) is 0 Å². The molecule has 0 aliphatic carbocycles. The molecule has 1 aromatic carbocycles. The van der Waals surface area contributed by atoms with Crippen LogP contribution in [0.1, 0.15) is 68.2 Å². The van der Waals surface area contributed by atoms with E-state index < -0.39 is 41.8 Å². The molecule has 156 valence electrons. The van der Waals surface area contributed by atoms with Crippen LogP contribution < -0.4 is 0 Å². The summed E-state index contributed by atoms with van der Waals surface area (Å²) >= 11 is 0. The van der Waals surface area contributed by atoms with E-state index in [1.54, 1.807) is 0 Å². The Balaban J connectivity index is 0.000000576. The zero-order valence-electron chi connectivity index (χ0n) is 16.1. The van der Waals surface area contributed by atoms with Crippen LogP contribution in [0.15, 0.2) is 6.07 Å². The van der Waals surface area contributed by atoms with Gasteiger partial charge in [-0.15, -0.1) is 0 Å². The highest BCUT2D eigenvalue weighted by Crippen LogP contribution is 2.30. The number of nitriles is 1. The number of halogens is 3. The first kappa shape index (κ1) is 25.4. The molecule has 0 aromatic heterocycles. The summed E-state index contributed by atoms with van der Waals surface area (Å²) in [6.45, 7) is 0.918. The number of hydrogen-bond donors (Lipinski definition) is 0. The smallest absolute Gasteiger partial charge is 0.305 e. The maximum atomic E-state index is 12.7. The molecule has 0 bridgehead atoms. The lowest BCUT2D eigenvalue weighted by molar-refractivity contribution is -0.385. The predicted molar refractivity (Wildman–Crippen MR) is 97.6 cm³/mol. The minimum atomic E-state index is -1.25. The summed E-state index contributed by atoms with van der Waals surface area (Å²) in [6, 6.07) is 2.22. The minimum absolute atomic E-state index is 0.0522. The lowest BCUT2D eigenvalue weighted by atomic mass is 9.96. The van der Waals surface area contributed by atoms with Gasteiger partial charge in [-0.25, -0.2) is 13.2 Å². The van der Waals surface area contributed by atoms with E-state index >= 15 is 0 Å². The second-order valence-electron chi connectivity index (χ2n) is 5.77. The van der Waals surface area contributed by atoms with E-state index in [0.717, 1.165) is 18.9 Å². The molecule has 0 saturated heterocycles. The normalized spacial score (nSPS) is 9.86. The van der Waals surface area contributed by atoms with Gasteiger partial charge in [0.05, 0.1) is 11.5 Å². The average molecular weight is 402 g/mol. The van der Waals surface area contributed by atoms with Crippen molar-refractivity contribution in [1.82, 2.24) is 0 Å². The van der Waals surface area contributed by atoms with E-state index in [0.29, 0.717) is 13.0 Å². The van der Waals surface area contributed by atoms with Crippen molar-refractivity contribution in [3.05, 3.63) is 38.4 Å². The number of carbonyl (C=O) groups is 1. The monoisotopic (exact) mass is 402 g/mol. The molecule has 0 unspecified atom stereocenters. The highest BCUT2D eigenvalue weighted by Gasteiger charge is 2.24. The Morgan fingerprint density at radius 3 is 2.21 bits per heavy atom. The molecular formula is C19H25F3N2O4. The molecule has 0 saturated carbocycles. The van der Waals surface area contributed by atoms with Gasteiger partial charge in [0.1, 0.15) is 31.7 Å². The van der Waals surface area contributed by atoms with Gasteiger partial charge in [0.25, 0.3) is 5.69 Å². The maximum absolute atomic E-state index is 12.7. The molecular weight excluding hydrogens is 377 g/mol. The van der Waals surface area contributed by atoms with Crippen LogP contribution in [-0.4, -0.2) is 17.5 Å². The number of unbranched alkanes of at least 4 members (excludes halogenated alkanes) is 3. The fourth-order valence-corrected chi connectivity index (χ4v) is 2.45. The van der Waals surface area contributed by atoms with Crippen LogP contribution in [0.4, 0.5) is 18.9 Å². The summed E-state index contributed by atoms with van der Waals surface area (Å²) in [7, 11) is 0. The van der Waals surface area contributed by atoms with Gasteiger partial charge in [0.15, 0.2) is 0 Å². The van der Waals surface area contributed by atoms with Crippen LogP contribution in [-0.2, 0) is 29.6 Å². The molecule has 0 heterocycles. The van der Waals surface area contributed by atoms with Gasteiger partial charge in [0.2, 0.25) is 0 Å². The van der Waals surface area contributed by atoms with Gasteiger partial charge in [0, 0.05) is 18.1 Å². The number of hydrogen-bond acceptors (Lipinski definition) is 5. The lowest BCUT2D eigenvalue weighted by Crippen LogP contribution is -2.04. The Morgan fingerprint density at radius 2 is 1.79 bits per heavy atom. The van der Waals surface area contributed by atoms with Crippen molar-refractivity contribution in [3.8, 4) is 6.07 Å². The van der Waals surface area contributed by atoms with Gasteiger partial charge in [-0.3, -0.25) is 14.9 Å². The number of ether oxygens (including phenoxy) is 1. The lowest BCUT2D eigenvalue weighted by Gasteiger charge is -2.09. The fourth-order valence-electron chi connectivity index (χ4n) is 2.45. The molecule has 0 radical (unpaired) electrons. The number of nitrogens with zero attached hydrogens (tertiary/aromatic N) is 2. The molecule has 0 spiro atoms. The maximum Gasteiger partial charge on any atom is 0.305 e. The highest BCUT2D eigenvalue weighted by molar-refractivity contribution is 5.69. The Hall–Kier alpha value is -2.63. The summed E-state index contributed by atoms with van der Waals surface area (Å²) in [6.07, 6.45) is 5.15. The van der Waals surface area contributed by atoms with Crippen molar-refractivity contribution < 1.29 is 27.6 Å². The number of nitro groups is 1. The van der Waals surface area contributed by atoms with Crippen LogP contribution in [0, 0.1) is 21.4 Å². The van der Waals surface area contributed by atoms with Crippen molar-refractivity contribution >= 4 is 11.7 Å². The first-order chi connectivity index (χ1) is 13.4. The number of alkyl halides is 3. The van der Waals surface area contributed by atoms with E-state index in [4.69, 9.17) is 10.00 Å². The number of rotatable bonds is 10. The third kappa shape index (κ3) is 7.94. The van der Waals surface area contributed by atoms with Crippen LogP contribution in [0.3, 0.4) is 0 Å². The molecule has 0 aliphatic heterocycles. The second-order valence-corrected chi connectivity index (χ2v) is 5.77. The quantitative estimate of drug-likeness (QED) is 0.226. The summed E-state index contributed by atoms with van der Waals surface area (Å²) < 4.78 is 42.7. The highest BCUT2D eigenvalue weighted by atomic mass is 19.1. The number of esters is 1. The number of benzene rings is 1. The first-order valence-corrected chi connectivity index (χ1v) is 8.97. The molecule has 0 amide bonds. The summed E-state index contributed by atoms with van der Waals surface area (Å²) in [5.41, 5.74) is -2.33. The number of nitro benzene ring substituents is 1. The molecule has 1 aromatic rings. The zero-order chi connectivity index (χ0) is 21.5. The molecule has 1 rings (SSSR count). The van der Waals surface area contributed by atoms with E-state index in [-0.39, 0.29) is 17.1 Å². The third-order valence-corrected chi connectivity index (χ3v) is 3.88. The summed E-state index contributed by atoms with van der Waals surface area (Å²) in [5.74, 6) is -0.0522. The van der Waals surface area contributed by atoms with Gasteiger partial charge in [-0.1, -0.05) is 26.2 Å². The van der Waals surface area contributed by atoms with Gasteiger partial charge in [-0.05, 0) is 24.5 Å². The fraction of sp³-hybridized carbons (Fsp3) is 0.579. The molecule has 9 heteroatoms. The van der Waals surface area contributed by atoms with E-state index in [9.17, 15) is 28.1 Å². The van der Waals surface area contributed by atoms with Crippen LogP contribution in [0.2, 0.25) is 0 Å². The van der Waals surface area contributed by atoms with E-state index in [1.807, 2.05) is 6.92 Å². The van der Waals surface area contributed by atoms with E-state index in [2.05, 4.69) is 6.92 Å². The molecule has 0 aliphatic rings. The van der Waals surface area contributed by atoms with Crippen LogP contribution in [0.5, 0.6) is 0 Å². The third-order valence-electron chi connectivity index (χ3n) is 3.88. The second kappa shape index (κ2) is 14.4. The standard InChI is InChI=1S/C10H7F3N2O2.C9H18O2/c11-2-6-1-10(15(16)17)9(5-14)8(4-13)7(6)3-12;1-3-5-6-7-8-9(10)11-4-2/h1H,2-4H2;3-8H2,1-2H3. The van der Waals surface area contributed by atoms with Crippen molar-refractivity contribution in [1.29, 1.82) is 5.26 Å². The molecule has 0 fully saturated rings. The zero-order valence-corrected chi connectivity index (χ0v) is 16.1. The summed E-state index contributed by atoms with van der Waals surface area (Å²) in [4.78, 5) is 20.5. The molecule has 0 atom stereocenters. The van der Waals surface area contributed by atoms with E-state index in [1.165, 1.54) is 18.9 Å². The number of carbonyl (C=O) groups excluding carboxylic acids is 1. The first-order valence-electron chi connectivity index (χ1n) is 8.97. The Kier molecular flexibility index (Phi) is 13.1. The Bertz CT molecular complexity index is 691. The van der Waals surface area contributed by atoms with Crippen LogP contribution >= 0.6 is 0 Å². The average Bonchev–Trinajstić information content (AvgIpc) is 2.69. The van der Waals surface area contributed by atoms with Crippen molar-refractivity contribution in [2.24, 2.45) is 0 Å².